The van der Waals surface area contributed by atoms with Gasteiger partial charge in [0.2, 0.25) is 5.91 Å². The number of carbonyl (C=O) groups is 2. The van der Waals surface area contributed by atoms with E-state index in [-0.39, 0.29) is 37.0 Å². The molecule has 0 aromatic heterocycles. The van der Waals surface area contributed by atoms with Crippen molar-refractivity contribution in [2.45, 2.75) is 38.1 Å². The SMILES string of the molecule is C[C@@H]1CN(c2cc(Cl)ccc2NC(=O)c2ccc(CNC(=O)C3COCCN3)c(F)c2F)CCN1CCC(F)(F)F. The van der Waals surface area contributed by atoms with E-state index < -0.39 is 47.7 Å². The monoisotopic (exact) mass is 603 g/mol. The van der Waals surface area contributed by atoms with E-state index in [0.717, 1.165) is 6.07 Å². The van der Waals surface area contributed by atoms with Crippen molar-refractivity contribution in [3.05, 3.63) is 58.1 Å². The van der Waals surface area contributed by atoms with E-state index in [9.17, 15) is 31.5 Å². The van der Waals surface area contributed by atoms with E-state index in [2.05, 4.69) is 16.0 Å². The minimum atomic E-state index is -4.25. The summed E-state index contributed by atoms with van der Waals surface area (Å²) in [4.78, 5) is 28.9. The van der Waals surface area contributed by atoms with Gasteiger partial charge in [-0.05, 0) is 31.2 Å². The van der Waals surface area contributed by atoms with Gasteiger partial charge in [0.15, 0.2) is 11.6 Å². The molecule has 2 aliphatic heterocycles. The maximum absolute atomic E-state index is 15.0. The summed E-state index contributed by atoms with van der Waals surface area (Å²) < 4.78 is 73.1. The lowest BCUT2D eigenvalue weighted by atomic mass is 10.1. The van der Waals surface area contributed by atoms with Crippen LogP contribution in [0.1, 0.15) is 29.3 Å². The molecule has 2 aromatic rings. The van der Waals surface area contributed by atoms with Gasteiger partial charge >= 0.3 is 6.18 Å². The zero-order valence-electron chi connectivity index (χ0n) is 22.3. The molecule has 2 fully saturated rings. The molecule has 0 saturated carbocycles. The Morgan fingerprint density at radius 1 is 1.15 bits per heavy atom. The molecule has 0 spiro atoms. The van der Waals surface area contributed by atoms with Crippen LogP contribution in [-0.2, 0) is 16.1 Å². The Hall–Kier alpha value is -3.00. The number of ether oxygens (including phenoxy) is 1. The van der Waals surface area contributed by atoms with Gasteiger partial charge in [-0.25, -0.2) is 8.78 Å². The van der Waals surface area contributed by atoms with Gasteiger partial charge in [0.05, 0.1) is 36.6 Å². The van der Waals surface area contributed by atoms with E-state index in [4.69, 9.17) is 16.3 Å². The van der Waals surface area contributed by atoms with Crippen molar-refractivity contribution < 1.29 is 36.3 Å². The number of hydrogen-bond acceptors (Lipinski definition) is 6. The van der Waals surface area contributed by atoms with Crippen LogP contribution in [0, 0.1) is 11.6 Å². The smallest absolute Gasteiger partial charge is 0.378 e. The van der Waals surface area contributed by atoms with Crippen molar-refractivity contribution in [2.24, 2.45) is 0 Å². The number of anilines is 2. The van der Waals surface area contributed by atoms with Crippen molar-refractivity contribution in [3.63, 3.8) is 0 Å². The van der Waals surface area contributed by atoms with Crippen molar-refractivity contribution in [2.75, 3.05) is 56.2 Å². The molecule has 0 aliphatic carbocycles. The third-order valence-electron chi connectivity index (χ3n) is 7.09. The predicted octanol–water partition coefficient (Wildman–Crippen LogP) is 3.94. The number of amides is 2. The number of piperazine rings is 1. The maximum Gasteiger partial charge on any atom is 0.390 e. The van der Waals surface area contributed by atoms with E-state index in [1.807, 2.05) is 11.8 Å². The first-order valence-electron chi connectivity index (χ1n) is 13.2. The lowest BCUT2D eigenvalue weighted by molar-refractivity contribution is -0.139. The lowest BCUT2D eigenvalue weighted by Gasteiger charge is -2.41. The molecule has 4 rings (SSSR count). The molecule has 2 atom stereocenters. The Morgan fingerprint density at radius 3 is 2.61 bits per heavy atom. The fourth-order valence-corrected chi connectivity index (χ4v) is 4.99. The van der Waals surface area contributed by atoms with E-state index >= 15 is 0 Å². The molecule has 2 aromatic carbocycles. The van der Waals surface area contributed by atoms with Crippen molar-refractivity contribution in [1.82, 2.24) is 15.5 Å². The average molecular weight is 604 g/mol. The summed E-state index contributed by atoms with van der Waals surface area (Å²) in [6, 6.07) is 6.20. The molecule has 0 bridgehead atoms. The molecule has 224 valence electrons. The lowest BCUT2D eigenvalue weighted by Crippen LogP contribution is -2.52. The zero-order chi connectivity index (χ0) is 29.7. The van der Waals surface area contributed by atoms with E-state index in [0.29, 0.717) is 43.5 Å². The van der Waals surface area contributed by atoms with Gasteiger partial charge in [-0.2, -0.15) is 13.2 Å². The largest absolute Gasteiger partial charge is 0.390 e. The third kappa shape index (κ3) is 8.06. The van der Waals surface area contributed by atoms with Gasteiger partial charge in [-0.15, -0.1) is 0 Å². The van der Waals surface area contributed by atoms with Gasteiger partial charge in [0.1, 0.15) is 6.04 Å². The topological polar surface area (TPSA) is 85.9 Å². The second-order valence-corrected chi connectivity index (χ2v) is 10.4. The van der Waals surface area contributed by atoms with Gasteiger partial charge in [-0.1, -0.05) is 17.7 Å². The van der Waals surface area contributed by atoms with Gasteiger partial charge < -0.3 is 25.6 Å². The van der Waals surface area contributed by atoms with Crippen LogP contribution in [0.2, 0.25) is 5.02 Å². The first-order valence-corrected chi connectivity index (χ1v) is 13.5. The van der Waals surface area contributed by atoms with Crippen molar-refractivity contribution in [1.29, 1.82) is 0 Å². The first kappa shape index (κ1) is 30.9. The molecule has 2 amide bonds. The van der Waals surface area contributed by atoms with E-state index in [1.54, 1.807) is 11.0 Å². The Bertz CT molecular complexity index is 1260. The second kappa shape index (κ2) is 13.3. The Morgan fingerprint density at radius 2 is 1.93 bits per heavy atom. The molecule has 3 N–H and O–H groups in total. The maximum atomic E-state index is 15.0. The third-order valence-corrected chi connectivity index (χ3v) is 7.33. The first-order chi connectivity index (χ1) is 19.4. The van der Waals surface area contributed by atoms with E-state index in [1.165, 1.54) is 18.2 Å². The van der Waals surface area contributed by atoms with Crippen LogP contribution in [-0.4, -0.2) is 80.9 Å². The molecule has 14 heteroatoms. The summed E-state index contributed by atoms with van der Waals surface area (Å²) in [6.45, 7) is 3.66. The van der Waals surface area contributed by atoms with Crippen LogP contribution < -0.4 is 20.9 Å². The molecule has 41 heavy (non-hydrogen) atoms. The van der Waals surface area contributed by atoms with Gasteiger partial charge in [0.25, 0.3) is 5.91 Å². The quantitative estimate of drug-likeness (QED) is 0.397. The minimum absolute atomic E-state index is 0.117. The van der Waals surface area contributed by atoms with Crippen LogP contribution in [0.3, 0.4) is 0 Å². The molecule has 8 nitrogen and oxygen atoms in total. The number of benzene rings is 2. The van der Waals surface area contributed by atoms with Crippen LogP contribution in [0.15, 0.2) is 30.3 Å². The van der Waals surface area contributed by atoms with Crippen LogP contribution >= 0.6 is 11.6 Å². The molecule has 2 aliphatic rings. The highest BCUT2D eigenvalue weighted by Crippen LogP contribution is 2.32. The Kier molecular flexibility index (Phi) is 10.1. The number of nitrogens with one attached hydrogen (secondary N) is 3. The molecule has 2 saturated heterocycles. The molecule has 1 unspecified atom stereocenters. The van der Waals surface area contributed by atoms with Crippen molar-refractivity contribution in [3.8, 4) is 0 Å². The van der Waals surface area contributed by atoms with Crippen LogP contribution in [0.4, 0.5) is 33.3 Å². The highest BCUT2D eigenvalue weighted by Gasteiger charge is 2.32. The number of carbonyl (C=O) groups excluding carboxylic acids is 2. The van der Waals surface area contributed by atoms with Crippen LogP contribution in [0.5, 0.6) is 0 Å². The molecule has 2 heterocycles. The highest BCUT2D eigenvalue weighted by molar-refractivity contribution is 6.31. The summed E-state index contributed by atoms with van der Waals surface area (Å²) >= 11 is 6.19. The number of hydrogen-bond donors (Lipinski definition) is 3. The van der Waals surface area contributed by atoms with Gasteiger partial charge in [0, 0.05) is 55.9 Å². The number of halogens is 6. The fraction of sp³-hybridized carbons (Fsp3) is 0.481. The van der Waals surface area contributed by atoms with Gasteiger partial charge in [-0.3, -0.25) is 14.5 Å². The molecule has 0 radical (unpaired) electrons. The second-order valence-electron chi connectivity index (χ2n) is 10.0. The Balaban J connectivity index is 1.43. The van der Waals surface area contributed by atoms with Crippen LogP contribution in [0.25, 0.3) is 0 Å². The number of morpholine rings is 1. The summed E-state index contributed by atoms with van der Waals surface area (Å²) in [5, 5.41) is 8.46. The predicted molar refractivity (Wildman–Crippen MR) is 144 cm³/mol. The number of rotatable bonds is 8. The highest BCUT2D eigenvalue weighted by atomic mass is 35.5. The average Bonchev–Trinajstić information content (AvgIpc) is 2.93. The summed E-state index contributed by atoms with van der Waals surface area (Å²) in [5.41, 5.74) is 0.127. The Labute approximate surface area is 239 Å². The summed E-state index contributed by atoms with van der Waals surface area (Å²) in [5.74, 6) is -3.94. The standard InChI is InChI=1S/C27H31ClF5N5O3/c1-16-14-38(10-9-37(16)8-6-27(31,32)33)22-12-18(28)3-5-20(22)36-25(39)19-4-2-17(23(29)24(19)30)13-35-26(40)21-15-41-11-7-34-21/h2-5,12,16,21,34H,6-11,13-15H2,1H3,(H,35,40)(H,36,39)/t16-,21?/m1/s1. The number of nitrogens with zero attached hydrogens (tertiary/aromatic N) is 2. The molecular formula is C27H31ClF5N5O3. The molecular weight excluding hydrogens is 573 g/mol. The summed E-state index contributed by atoms with van der Waals surface area (Å²) in [6.07, 6.45) is -5.15. The van der Waals surface area contributed by atoms with Crippen molar-refractivity contribution >= 4 is 34.8 Å². The summed E-state index contributed by atoms with van der Waals surface area (Å²) in [7, 11) is 0. The zero-order valence-corrected chi connectivity index (χ0v) is 23.0. The fourth-order valence-electron chi connectivity index (χ4n) is 4.82. The normalized spacial score (nSPS) is 20.1. The number of alkyl halides is 3. The minimum Gasteiger partial charge on any atom is -0.378 e.